The summed E-state index contributed by atoms with van der Waals surface area (Å²) in [5.74, 6) is 0. The Balaban J connectivity index is 2.14. The van der Waals surface area contributed by atoms with Crippen molar-refractivity contribution in [2.24, 2.45) is 0 Å². The first-order valence-electron chi connectivity index (χ1n) is 5.51. The molecule has 1 aliphatic heterocycles. The van der Waals surface area contributed by atoms with Crippen LogP contribution in [0.3, 0.4) is 0 Å². The van der Waals surface area contributed by atoms with Crippen molar-refractivity contribution in [3.05, 3.63) is 35.3 Å². The minimum Gasteiger partial charge on any atom is -0.381 e. The van der Waals surface area contributed by atoms with Gasteiger partial charge >= 0.3 is 10.1 Å². The van der Waals surface area contributed by atoms with Crippen molar-refractivity contribution in [3.8, 4) is 11.3 Å². The van der Waals surface area contributed by atoms with Crippen LogP contribution in [0.15, 0.2) is 34.0 Å². The molecule has 5 nitrogen and oxygen atoms in total. The van der Waals surface area contributed by atoms with Gasteiger partial charge < -0.3 is 5.32 Å². The molecule has 0 bridgehead atoms. The number of fused-ring (bicyclic) bond motifs is 1. The lowest BCUT2D eigenvalue weighted by molar-refractivity contribution is 0.485. The molecule has 0 spiro atoms. The summed E-state index contributed by atoms with van der Waals surface area (Å²) in [6.07, 6.45) is 5.60. The Labute approximate surface area is 114 Å². The fourth-order valence-corrected chi connectivity index (χ4v) is 3.47. The molecule has 0 radical (unpaired) electrons. The van der Waals surface area contributed by atoms with Gasteiger partial charge in [0.25, 0.3) is 0 Å². The summed E-state index contributed by atoms with van der Waals surface area (Å²) in [5, 5.41) is 4.89. The Kier molecular flexibility index (Phi) is 2.89. The van der Waals surface area contributed by atoms with Gasteiger partial charge in [-0.1, -0.05) is 12.2 Å². The molecule has 98 valence electrons. The van der Waals surface area contributed by atoms with Gasteiger partial charge in [0, 0.05) is 34.9 Å². The number of hydrogen-bond donors (Lipinski definition) is 2. The predicted molar refractivity (Wildman–Crippen MR) is 74.9 cm³/mol. The largest absolute Gasteiger partial charge is 0.381 e. The second-order valence-electron chi connectivity index (χ2n) is 4.03. The van der Waals surface area contributed by atoms with Crippen molar-refractivity contribution >= 4 is 33.2 Å². The number of nitrogens with zero attached hydrogens (tertiary/aromatic N) is 1. The van der Waals surface area contributed by atoms with Crippen LogP contribution in [0.25, 0.3) is 17.3 Å². The van der Waals surface area contributed by atoms with E-state index in [1.807, 2.05) is 18.2 Å². The molecule has 2 aromatic heterocycles. The van der Waals surface area contributed by atoms with E-state index >= 15 is 0 Å². The summed E-state index contributed by atoms with van der Waals surface area (Å²) in [4.78, 5) is 4.30. The molecule has 0 aromatic carbocycles. The van der Waals surface area contributed by atoms with E-state index in [1.54, 1.807) is 11.6 Å². The molecule has 2 N–H and O–H groups in total. The SMILES string of the molecule is O=S(=O)(O)c1cc(-c2nccc3c2C=CCN3)cs1. The maximum atomic E-state index is 11.1. The summed E-state index contributed by atoms with van der Waals surface area (Å²) in [5.41, 5.74) is 3.27. The van der Waals surface area contributed by atoms with Gasteiger partial charge in [0.15, 0.2) is 0 Å². The molecule has 0 fully saturated rings. The van der Waals surface area contributed by atoms with E-state index in [2.05, 4.69) is 10.3 Å². The zero-order chi connectivity index (χ0) is 13.5. The van der Waals surface area contributed by atoms with E-state index in [0.29, 0.717) is 11.3 Å². The average molecular weight is 294 g/mol. The molecular weight excluding hydrogens is 284 g/mol. The van der Waals surface area contributed by atoms with Crippen LogP contribution in [0.2, 0.25) is 0 Å². The molecule has 1 aliphatic rings. The fourth-order valence-electron chi connectivity index (χ4n) is 1.95. The van der Waals surface area contributed by atoms with Gasteiger partial charge in [-0.25, -0.2) is 0 Å². The summed E-state index contributed by atoms with van der Waals surface area (Å²) >= 11 is 0.980. The summed E-state index contributed by atoms with van der Waals surface area (Å²) in [7, 11) is -4.15. The second-order valence-corrected chi connectivity index (χ2v) is 6.59. The van der Waals surface area contributed by atoms with Gasteiger partial charge in [-0.2, -0.15) is 8.42 Å². The van der Waals surface area contributed by atoms with Crippen molar-refractivity contribution in [2.45, 2.75) is 4.21 Å². The van der Waals surface area contributed by atoms with Gasteiger partial charge in [-0.15, -0.1) is 11.3 Å². The van der Waals surface area contributed by atoms with Crippen LogP contribution in [0.1, 0.15) is 5.56 Å². The molecule has 0 aliphatic carbocycles. The lowest BCUT2D eigenvalue weighted by Crippen LogP contribution is -2.05. The maximum Gasteiger partial charge on any atom is 0.304 e. The van der Waals surface area contributed by atoms with Gasteiger partial charge in [0.2, 0.25) is 0 Å². The zero-order valence-electron chi connectivity index (χ0n) is 9.70. The molecule has 3 rings (SSSR count). The van der Waals surface area contributed by atoms with E-state index in [-0.39, 0.29) is 4.21 Å². The predicted octanol–water partition coefficient (Wildman–Crippen LogP) is 2.50. The number of rotatable bonds is 2. The molecule has 2 aromatic rings. The summed E-state index contributed by atoms with van der Waals surface area (Å²) in [6.45, 7) is 0.760. The molecule has 0 atom stereocenters. The van der Waals surface area contributed by atoms with Crippen LogP contribution >= 0.6 is 11.3 Å². The van der Waals surface area contributed by atoms with Gasteiger partial charge in [-0.05, 0) is 12.1 Å². The lowest BCUT2D eigenvalue weighted by Gasteiger charge is -2.15. The van der Waals surface area contributed by atoms with Crippen LogP contribution in [-0.4, -0.2) is 24.5 Å². The van der Waals surface area contributed by atoms with Crippen molar-refractivity contribution < 1.29 is 13.0 Å². The Hall–Kier alpha value is -1.70. The quantitative estimate of drug-likeness (QED) is 0.832. The second kappa shape index (κ2) is 4.44. The van der Waals surface area contributed by atoms with E-state index in [9.17, 15) is 8.42 Å². The third kappa shape index (κ3) is 2.27. The minimum atomic E-state index is -4.15. The number of nitrogens with one attached hydrogen (secondary N) is 1. The highest BCUT2D eigenvalue weighted by atomic mass is 32.3. The number of aromatic nitrogens is 1. The van der Waals surface area contributed by atoms with E-state index < -0.39 is 10.1 Å². The summed E-state index contributed by atoms with van der Waals surface area (Å²) < 4.78 is 31.1. The lowest BCUT2D eigenvalue weighted by atomic mass is 10.0. The maximum absolute atomic E-state index is 11.1. The molecule has 7 heteroatoms. The monoisotopic (exact) mass is 294 g/mol. The van der Waals surface area contributed by atoms with Crippen LogP contribution in [-0.2, 0) is 10.1 Å². The van der Waals surface area contributed by atoms with Crippen LogP contribution in [0.4, 0.5) is 5.69 Å². The minimum absolute atomic E-state index is 0.0744. The smallest absolute Gasteiger partial charge is 0.304 e. The van der Waals surface area contributed by atoms with Gasteiger partial charge in [0.05, 0.1) is 5.69 Å². The molecular formula is C12H10N2O3S2. The Morgan fingerprint density at radius 2 is 2.26 bits per heavy atom. The first-order valence-corrected chi connectivity index (χ1v) is 7.83. The Bertz CT molecular complexity index is 763. The topological polar surface area (TPSA) is 79.3 Å². The first kappa shape index (κ1) is 12.3. The van der Waals surface area contributed by atoms with Crippen molar-refractivity contribution in [1.82, 2.24) is 4.98 Å². The highest BCUT2D eigenvalue weighted by molar-refractivity contribution is 7.88. The third-order valence-electron chi connectivity index (χ3n) is 2.79. The average Bonchev–Trinajstić information content (AvgIpc) is 2.87. The molecule has 19 heavy (non-hydrogen) atoms. The number of anilines is 1. The Morgan fingerprint density at radius 1 is 1.42 bits per heavy atom. The molecule has 3 heterocycles. The number of thiophene rings is 1. The van der Waals surface area contributed by atoms with Crippen LogP contribution < -0.4 is 5.32 Å². The highest BCUT2D eigenvalue weighted by Crippen LogP contribution is 2.33. The highest BCUT2D eigenvalue weighted by Gasteiger charge is 2.17. The zero-order valence-corrected chi connectivity index (χ0v) is 11.3. The van der Waals surface area contributed by atoms with E-state index in [1.165, 1.54) is 6.07 Å². The van der Waals surface area contributed by atoms with E-state index in [0.717, 1.165) is 29.1 Å². The van der Waals surface area contributed by atoms with E-state index in [4.69, 9.17) is 4.55 Å². The van der Waals surface area contributed by atoms with Crippen molar-refractivity contribution in [1.29, 1.82) is 0 Å². The first-order chi connectivity index (χ1) is 9.05. The standard InChI is InChI=1S/C12H10N2O3S2/c15-19(16,17)11-6-8(7-18-11)12-9-2-1-4-13-10(9)3-5-14-12/h1-3,5-7,13H,4H2,(H,15,16,17). The van der Waals surface area contributed by atoms with Gasteiger partial charge in [-0.3, -0.25) is 9.54 Å². The normalized spacial score (nSPS) is 13.9. The fraction of sp³-hybridized carbons (Fsp3) is 0.0833. The van der Waals surface area contributed by atoms with Crippen molar-refractivity contribution in [3.63, 3.8) is 0 Å². The third-order valence-corrected chi connectivity index (χ3v) is 5.06. The van der Waals surface area contributed by atoms with Crippen LogP contribution in [0.5, 0.6) is 0 Å². The number of hydrogen-bond acceptors (Lipinski definition) is 5. The molecule has 0 saturated carbocycles. The van der Waals surface area contributed by atoms with Crippen LogP contribution in [0, 0.1) is 0 Å². The summed E-state index contributed by atoms with van der Waals surface area (Å²) in [6, 6.07) is 3.31. The Morgan fingerprint density at radius 3 is 3.00 bits per heavy atom. The molecule has 0 amide bonds. The molecule has 0 saturated heterocycles. The molecule has 0 unspecified atom stereocenters. The van der Waals surface area contributed by atoms with Gasteiger partial charge in [0.1, 0.15) is 4.21 Å². The van der Waals surface area contributed by atoms with Crippen molar-refractivity contribution in [2.75, 3.05) is 11.9 Å². The number of pyridine rings is 1.